The molecule has 2 aromatic heterocycles. The summed E-state index contributed by atoms with van der Waals surface area (Å²) < 4.78 is 39.2. The van der Waals surface area contributed by atoms with E-state index < -0.39 is 11.7 Å². The quantitative estimate of drug-likeness (QED) is 0.746. The first-order valence-electron chi connectivity index (χ1n) is 7.44. The molecule has 8 heteroatoms. The molecule has 3 rings (SSSR count). The standard InChI is InChI=1S/C16H16F3N5/c1-2-15-21-8-12(23-15)7-20-13-9-22-24(10-13)14-5-3-11(4-6-14)16(17,18)19/h3-6,8-10,20H,2,7H2,1H3,(H,21,23). The lowest BCUT2D eigenvalue weighted by atomic mass is 10.2. The van der Waals surface area contributed by atoms with E-state index in [0.717, 1.165) is 35.8 Å². The molecule has 0 aliphatic carbocycles. The van der Waals surface area contributed by atoms with Crippen LogP contribution in [0.15, 0.2) is 42.9 Å². The van der Waals surface area contributed by atoms with Crippen LogP contribution < -0.4 is 5.32 Å². The molecule has 0 spiro atoms. The minimum absolute atomic E-state index is 0.561. The normalized spacial score (nSPS) is 11.7. The Labute approximate surface area is 136 Å². The molecule has 1 aromatic carbocycles. The minimum atomic E-state index is -4.34. The molecular formula is C16H16F3N5. The largest absolute Gasteiger partial charge is 0.416 e. The second kappa shape index (κ2) is 6.38. The molecule has 0 aliphatic rings. The zero-order chi connectivity index (χ0) is 17.2. The second-order valence-electron chi connectivity index (χ2n) is 5.28. The van der Waals surface area contributed by atoms with Gasteiger partial charge in [-0.25, -0.2) is 9.67 Å². The summed E-state index contributed by atoms with van der Waals surface area (Å²) in [7, 11) is 0. The number of H-pyrrole nitrogens is 1. The van der Waals surface area contributed by atoms with Crippen LogP contribution in [0.5, 0.6) is 0 Å². The summed E-state index contributed by atoms with van der Waals surface area (Å²) in [5, 5.41) is 7.35. The smallest absolute Gasteiger partial charge is 0.377 e. The zero-order valence-electron chi connectivity index (χ0n) is 12.9. The number of aryl methyl sites for hydroxylation is 1. The lowest BCUT2D eigenvalue weighted by Gasteiger charge is -2.07. The van der Waals surface area contributed by atoms with E-state index in [4.69, 9.17) is 0 Å². The fraction of sp³-hybridized carbons (Fsp3) is 0.250. The first-order chi connectivity index (χ1) is 11.5. The minimum Gasteiger partial charge on any atom is -0.377 e. The number of alkyl halides is 3. The number of aromatic nitrogens is 4. The third-order valence-electron chi connectivity index (χ3n) is 3.54. The van der Waals surface area contributed by atoms with Gasteiger partial charge in [0.05, 0.1) is 47.8 Å². The van der Waals surface area contributed by atoms with E-state index in [2.05, 4.69) is 20.4 Å². The van der Waals surface area contributed by atoms with Gasteiger partial charge in [0.15, 0.2) is 0 Å². The summed E-state index contributed by atoms with van der Waals surface area (Å²) in [6, 6.07) is 4.87. The van der Waals surface area contributed by atoms with Gasteiger partial charge in [0, 0.05) is 6.42 Å². The van der Waals surface area contributed by atoms with Crippen LogP contribution in [0, 0.1) is 0 Å². The first-order valence-corrected chi connectivity index (χ1v) is 7.44. The highest BCUT2D eigenvalue weighted by molar-refractivity contribution is 5.43. The number of rotatable bonds is 5. The zero-order valence-corrected chi connectivity index (χ0v) is 12.9. The number of nitrogens with one attached hydrogen (secondary N) is 2. The number of nitrogens with zero attached hydrogens (tertiary/aromatic N) is 3. The highest BCUT2D eigenvalue weighted by Gasteiger charge is 2.30. The van der Waals surface area contributed by atoms with Crippen molar-refractivity contribution >= 4 is 5.69 Å². The maximum absolute atomic E-state index is 12.6. The average molecular weight is 335 g/mol. The van der Waals surface area contributed by atoms with E-state index in [-0.39, 0.29) is 0 Å². The molecule has 0 atom stereocenters. The summed E-state index contributed by atoms with van der Waals surface area (Å²) in [6.07, 6.45) is 1.61. The second-order valence-corrected chi connectivity index (χ2v) is 5.28. The van der Waals surface area contributed by atoms with Gasteiger partial charge in [-0.15, -0.1) is 0 Å². The van der Waals surface area contributed by atoms with Crippen molar-refractivity contribution in [2.75, 3.05) is 5.32 Å². The van der Waals surface area contributed by atoms with Gasteiger partial charge < -0.3 is 10.3 Å². The molecule has 126 valence electrons. The Morgan fingerprint density at radius 2 is 1.92 bits per heavy atom. The molecule has 24 heavy (non-hydrogen) atoms. The van der Waals surface area contributed by atoms with Gasteiger partial charge in [-0.3, -0.25) is 0 Å². The number of anilines is 1. The Morgan fingerprint density at radius 3 is 2.54 bits per heavy atom. The van der Waals surface area contributed by atoms with Crippen molar-refractivity contribution in [2.45, 2.75) is 26.1 Å². The van der Waals surface area contributed by atoms with Crippen LogP contribution in [0.2, 0.25) is 0 Å². The van der Waals surface area contributed by atoms with Gasteiger partial charge in [-0.05, 0) is 24.3 Å². The van der Waals surface area contributed by atoms with E-state index >= 15 is 0 Å². The van der Waals surface area contributed by atoms with Crippen LogP contribution in [0.3, 0.4) is 0 Å². The van der Waals surface area contributed by atoms with E-state index in [1.807, 2.05) is 6.92 Å². The Balaban J connectivity index is 1.66. The summed E-state index contributed by atoms with van der Waals surface area (Å²) in [5.41, 5.74) is 1.60. The third kappa shape index (κ3) is 3.58. The SMILES string of the molecule is CCc1ncc(CNc2cnn(-c3ccc(C(F)(F)F)cc3)c2)[nH]1. The number of imidazole rings is 1. The van der Waals surface area contributed by atoms with Crippen molar-refractivity contribution in [3.8, 4) is 5.69 Å². The molecule has 2 heterocycles. The molecule has 0 saturated carbocycles. The average Bonchev–Trinajstić information content (AvgIpc) is 3.21. The van der Waals surface area contributed by atoms with Crippen LogP contribution >= 0.6 is 0 Å². The van der Waals surface area contributed by atoms with Crippen LogP contribution in [-0.4, -0.2) is 19.7 Å². The predicted molar refractivity (Wildman–Crippen MR) is 83.9 cm³/mol. The third-order valence-corrected chi connectivity index (χ3v) is 3.54. The predicted octanol–water partition coefficient (Wildman–Crippen LogP) is 3.79. The van der Waals surface area contributed by atoms with Gasteiger partial charge in [-0.2, -0.15) is 18.3 Å². The Hall–Kier alpha value is -2.77. The Morgan fingerprint density at radius 1 is 1.17 bits per heavy atom. The summed E-state index contributed by atoms with van der Waals surface area (Å²) in [6.45, 7) is 2.58. The molecular weight excluding hydrogens is 319 g/mol. The lowest BCUT2D eigenvalue weighted by molar-refractivity contribution is -0.137. The fourth-order valence-electron chi connectivity index (χ4n) is 2.23. The molecule has 0 amide bonds. The number of hydrogen-bond donors (Lipinski definition) is 2. The molecule has 0 fully saturated rings. The number of hydrogen-bond acceptors (Lipinski definition) is 3. The number of aromatic amines is 1. The topological polar surface area (TPSA) is 58.5 Å². The van der Waals surface area contributed by atoms with Crippen LogP contribution in [0.4, 0.5) is 18.9 Å². The van der Waals surface area contributed by atoms with Crippen LogP contribution in [0.25, 0.3) is 5.69 Å². The van der Waals surface area contributed by atoms with Crippen molar-refractivity contribution < 1.29 is 13.2 Å². The monoisotopic (exact) mass is 335 g/mol. The molecule has 0 bridgehead atoms. The van der Waals surface area contributed by atoms with Crippen molar-refractivity contribution in [3.05, 3.63) is 59.9 Å². The summed E-state index contributed by atoms with van der Waals surface area (Å²) >= 11 is 0. The van der Waals surface area contributed by atoms with E-state index in [1.54, 1.807) is 18.6 Å². The fourth-order valence-corrected chi connectivity index (χ4v) is 2.23. The van der Waals surface area contributed by atoms with Crippen LogP contribution in [0.1, 0.15) is 24.0 Å². The molecule has 0 radical (unpaired) electrons. The van der Waals surface area contributed by atoms with Gasteiger partial charge in [-0.1, -0.05) is 6.92 Å². The van der Waals surface area contributed by atoms with Gasteiger partial charge in [0.25, 0.3) is 0 Å². The highest BCUT2D eigenvalue weighted by Crippen LogP contribution is 2.29. The van der Waals surface area contributed by atoms with Gasteiger partial charge in [0.2, 0.25) is 0 Å². The highest BCUT2D eigenvalue weighted by atomic mass is 19.4. The Kier molecular flexibility index (Phi) is 4.28. The van der Waals surface area contributed by atoms with Gasteiger partial charge >= 0.3 is 6.18 Å². The molecule has 0 unspecified atom stereocenters. The van der Waals surface area contributed by atoms with E-state index in [1.165, 1.54) is 16.8 Å². The molecule has 3 aromatic rings. The first kappa shape index (κ1) is 16.1. The van der Waals surface area contributed by atoms with Crippen molar-refractivity contribution in [2.24, 2.45) is 0 Å². The van der Waals surface area contributed by atoms with Crippen LogP contribution in [-0.2, 0) is 19.1 Å². The van der Waals surface area contributed by atoms with E-state index in [0.29, 0.717) is 12.2 Å². The summed E-state index contributed by atoms with van der Waals surface area (Å²) in [4.78, 5) is 7.40. The van der Waals surface area contributed by atoms with Gasteiger partial charge in [0.1, 0.15) is 5.82 Å². The number of halogens is 3. The molecule has 0 aliphatic heterocycles. The van der Waals surface area contributed by atoms with Crippen molar-refractivity contribution in [1.29, 1.82) is 0 Å². The maximum Gasteiger partial charge on any atom is 0.416 e. The number of benzene rings is 1. The van der Waals surface area contributed by atoms with Crippen molar-refractivity contribution in [3.63, 3.8) is 0 Å². The summed E-state index contributed by atoms with van der Waals surface area (Å²) in [5.74, 6) is 0.923. The Bertz CT molecular complexity index is 802. The molecule has 0 saturated heterocycles. The van der Waals surface area contributed by atoms with E-state index in [9.17, 15) is 13.2 Å². The van der Waals surface area contributed by atoms with Crippen molar-refractivity contribution in [1.82, 2.24) is 19.7 Å². The molecule has 2 N–H and O–H groups in total. The molecule has 5 nitrogen and oxygen atoms in total. The maximum atomic E-state index is 12.6. The lowest BCUT2D eigenvalue weighted by Crippen LogP contribution is -2.05.